The Balaban J connectivity index is 1.26. The van der Waals surface area contributed by atoms with Crippen molar-refractivity contribution in [3.05, 3.63) is 54.1 Å². The molecule has 1 saturated carbocycles. The highest BCUT2D eigenvalue weighted by atomic mass is 16.5. The number of urea groups is 1. The Morgan fingerprint density at radius 2 is 1.82 bits per heavy atom. The molecule has 1 atom stereocenters. The van der Waals surface area contributed by atoms with Crippen molar-refractivity contribution in [3.8, 4) is 5.75 Å². The fraction of sp³-hybridized carbons (Fsp3) is 0.500. The van der Waals surface area contributed by atoms with Gasteiger partial charge in [-0.3, -0.25) is 14.7 Å². The van der Waals surface area contributed by atoms with Crippen LogP contribution in [-0.2, 0) is 9.53 Å². The third-order valence-electron chi connectivity index (χ3n) is 7.76. The van der Waals surface area contributed by atoms with Crippen molar-refractivity contribution in [3.63, 3.8) is 0 Å². The van der Waals surface area contributed by atoms with Crippen LogP contribution >= 0.6 is 0 Å². The molecule has 0 bridgehead atoms. The van der Waals surface area contributed by atoms with Gasteiger partial charge in [-0.2, -0.15) is 0 Å². The van der Waals surface area contributed by atoms with Crippen LogP contribution < -0.4 is 20.3 Å². The number of ether oxygens (including phenoxy) is 2. The van der Waals surface area contributed by atoms with Gasteiger partial charge in [0, 0.05) is 49.9 Å². The van der Waals surface area contributed by atoms with E-state index in [4.69, 9.17) is 14.5 Å². The number of nitrogens with one attached hydrogen (secondary N) is 2. The second-order valence-corrected chi connectivity index (χ2v) is 10.4. The number of hydrogen-bond donors (Lipinski definition) is 2. The molecule has 1 saturated heterocycles. The number of nitrogens with zero attached hydrogens (tertiary/aromatic N) is 3. The number of hydrogen-bond acceptors (Lipinski definition) is 6. The first kappa shape index (κ1) is 27.1. The van der Waals surface area contributed by atoms with E-state index in [9.17, 15) is 9.59 Å². The van der Waals surface area contributed by atoms with Crippen LogP contribution in [-0.4, -0.2) is 75.2 Å². The molecule has 1 aliphatic carbocycles. The van der Waals surface area contributed by atoms with Gasteiger partial charge in [0.2, 0.25) is 6.17 Å². The Hall–Kier alpha value is -3.43. The number of carbonyl (C=O) groups is 2. The first-order chi connectivity index (χ1) is 19.1. The molecule has 2 N–H and O–H groups in total. The second kappa shape index (κ2) is 13.1. The van der Waals surface area contributed by atoms with Gasteiger partial charge in [-0.1, -0.05) is 49.9 Å². The molecule has 3 aliphatic rings. The number of fused-ring (bicyclic) bond motifs is 1. The highest BCUT2D eigenvalue weighted by Crippen LogP contribution is 2.32. The summed E-state index contributed by atoms with van der Waals surface area (Å²) in [6.45, 7) is 4.71. The maximum atomic E-state index is 13.4. The monoisotopic (exact) mass is 533 g/mol. The lowest BCUT2D eigenvalue weighted by Crippen LogP contribution is -2.47. The van der Waals surface area contributed by atoms with Gasteiger partial charge in [0.1, 0.15) is 12.4 Å². The van der Waals surface area contributed by atoms with E-state index in [2.05, 4.69) is 15.5 Å². The smallest absolute Gasteiger partial charge is 0.321 e. The summed E-state index contributed by atoms with van der Waals surface area (Å²) in [6.07, 6.45) is 5.84. The van der Waals surface area contributed by atoms with Crippen molar-refractivity contribution >= 4 is 29.0 Å². The van der Waals surface area contributed by atoms with Gasteiger partial charge in [0.15, 0.2) is 0 Å². The van der Waals surface area contributed by atoms with E-state index in [0.717, 1.165) is 75.5 Å². The van der Waals surface area contributed by atoms with Crippen molar-refractivity contribution in [2.24, 2.45) is 10.9 Å². The van der Waals surface area contributed by atoms with E-state index in [1.807, 2.05) is 36.4 Å². The molecule has 2 aromatic rings. The summed E-state index contributed by atoms with van der Waals surface area (Å²) < 4.78 is 11.3. The van der Waals surface area contributed by atoms with Crippen LogP contribution in [0.3, 0.4) is 0 Å². The summed E-state index contributed by atoms with van der Waals surface area (Å²) in [6, 6.07) is 14.7. The molecule has 39 heavy (non-hydrogen) atoms. The average molecular weight is 534 g/mol. The van der Waals surface area contributed by atoms with Gasteiger partial charge in [-0.05, 0) is 31.0 Å². The lowest BCUT2D eigenvalue weighted by molar-refractivity contribution is -0.119. The molecule has 9 heteroatoms. The number of benzene rings is 2. The van der Waals surface area contributed by atoms with Crippen LogP contribution in [0.4, 0.5) is 16.2 Å². The lowest BCUT2D eigenvalue weighted by atomic mass is 9.89. The maximum absolute atomic E-state index is 13.4. The molecule has 2 fully saturated rings. The zero-order chi connectivity index (χ0) is 27.0. The minimum atomic E-state index is -1.01. The third-order valence-corrected chi connectivity index (χ3v) is 7.76. The summed E-state index contributed by atoms with van der Waals surface area (Å²) in [5.74, 6) is 0.684. The Labute approximate surface area is 230 Å². The van der Waals surface area contributed by atoms with Crippen LogP contribution in [0, 0.1) is 5.92 Å². The fourth-order valence-corrected chi connectivity index (χ4v) is 5.59. The first-order valence-electron chi connectivity index (χ1n) is 14.1. The molecule has 0 spiro atoms. The average Bonchev–Trinajstić information content (AvgIpc) is 3.29. The predicted octanol–water partition coefficient (Wildman–Crippen LogP) is 4.28. The molecular weight excluding hydrogens is 494 g/mol. The number of aliphatic imine (C=N–C) groups is 1. The van der Waals surface area contributed by atoms with Gasteiger partial charge >= 0.3 is 6.03 Å². The predicted molar refractivity (Wildman–Crippen MR) is 153 cm³/mol. The van der Waals surface area contributed by atoms with Crippen LogP contribution in [0.15, 0.2) is 53.5 Å². The molecule has 208 valence electrons. The van der Waals surface area contributed by atoms with E-state index in [-0.39, 0.29) is 11.8 Å². The van der Waals surface area contributed by atoms with Crippen LogP contribution in [0.25, 0.3) is 0 Å². The van der Waals surface area contributed by atoms with Crippen molar-refractivity contribution < 1.29 is 19.1 Å². The first-order valence-corrected chi connectivity index (χ1v) is 14.1. The quantitative estimate of drug-likeness (QED) is 0.518. The van der Waals surface area contributed by atoms with Gasteiger partial charge in [-0.15, -0.1) is 0 Å². The maximum Gasteiger partial charge on any atom is 0.321 e. The molecule has 2 aromatic carbocycles. The van der Waals surface area contributed by atoms with Gasteiger partial charge < -0.3 is 25.0 Å². The number of amides is 3. The Bertz CT molecular complexity index is 1170. The van der Waals surface area contributed by atoms with Crippen molar-refractivity contribution in [1.29, 1.82) is 0 Å². The standard InChI is InChI=1S/C30H39N5O4/c1-34-26-14-7-6-13-25(26)27(22-9-4-2-3-5-10-22)32-28(29(34)36)33-30(37)31-23-11-8-12-24(21-23)39-20-17-35-15-18-38-19-16-35/h6-8,11-14,21-22,28H,2-5,9-10,15-20H2,1H3,(H2,31,33,37)/t28-/m0/s1. The molecule has 3 amide bonds. The van der Waals surface area contributed by atoms with Crippen LogP contribution in [0.1, 0.15) is 44.1 Å². The fourth-order valence-electron chi connectivity index (χ4n) is 5.59. The highest BCUT2D eigenvalue weighted by Gasteiger charge is 2.33. The number of benzodiazepines with no additional fused rings is 1. The minimum absolute atomic E-state index is 0.263. The summed E-state index contributed by atoms with van der Waals surface area (Å²) in [7, 11) is 1.75. The largest absolute Gasteiger partial charge is 0.492 e. The number of anilines is 2. The summed E-state index contributed by atoms with van der Waals surface area (Å²) in [5, 5.41) is 5.68. The number of morpholine rings is 1. The van der Waals surface area contributed by atoms with Gasteiger partial charge in [0.05, 0.1) is 24.6 Å². The molecular formula is C30H39N5O4. The zero-order valence-corrected chi connectivity index (χ0v) is 22.7. The number of para-hydroxylation sites is 1. The highest BCUT2D eigenvalue weighted by molar-refractivity contribution is 6.14. The molecule has 5 rings (SSSR count). The third kappa shape index (κ3) is 6.96. The van der Waals surface area contributed by atoms with Crippen LogP contribution in [0.5, 0.6) is 5.75 Å². The second-order valence-electron chi connectivity index (χ2n) is 10.4. The zero-order valence-electron chi connectivity index (χ0n) is 22.7. The van der Waals surface area contributed by atoms with E-state index >= 15 is 0 Å². The number of carbonyl (C=O) groups excluding carboxylic acids is 2. The van der Waals surface area contributed by atoms with E-state index < -0.39 is 12.2 Å². The van der Waals surface area contributed by atoms with E-state index in [1.165, 1.54) is 12.8 Å². The minimum Gasteiger partial charge on any atom is -0.492 e. The Kier molecular flexibility index (Phi) is 9.11. The number of likely N-dealkylation sites (N-methyl/N-ethyl adjacent to an activating group) is 1. The van der Waals surface area contributed by atoms with Crippen molar-refractivity contribution in [1.82, 2.24) is 10.2 Å². The van der Waals surface area contributed by atoms with Crippen molar-refractivity contribution in [2.75, 3.05) is 56.7 Å². The Morgan fingerprint density at radius 1 is 1.05 bits per heavy atom. The Morgan fingerprint density at radius 3 is 2.62 bits per heavy atom. The summed E-state index contributed by atoms with van der Waals surface area (Å²) in [4.78, 5) is 35.3. The summed E-state index contributed by atoms with van der Waals surface area (Å²) in [5.41, 5.74) is 3.32. The molecule has 0 unspecified atom stereocenters. The molecule has 2 aliphatic heterocycles. The topological polar surface area (TPSA) is 95.5 Å². The van der Waals surface area contributed by atoms with Gasteiger partial charge in [-0.25, -0.2) is 4.79 Å². The summed E-state index contributed by atoms with van der Waals surface area (Å²) >= 11 is 0. The number of rotatable bonds is 7. The normalized spacial score (nSPS) is 20.8. The van der Waals surface area contributed by atoms with Crippen molar-refractivity contribution in [2.45, 2.75) is 44.7 Å². The van der Waals surface area contributed by atoms with Gasteiger partial charge in [0.25, 0.3) is 5.91 Å². The van der Waals surface area contributed by atoms with E-state index in [1.54, 1.807) is 24.1 Å². The lowest BCUT2D eigenvalue weighted by Gasteiger charge is -2.26. The van der Waals surface area contributed by atoms with Crippen LogP contribution in [0.2, 0.25) is 0 Å². The molecule has 0 aromatic heterocycles. The molecule has 0 radical (unpaired) electrons. The molecule has 2 heterocycles. The van der Waals surface area contributed by atoms with E-state index in [0.29, 0.717) is 18.0 Å². The molecule has 9 nitrogen and oxygen atoms in total. The SMILES string of the molecule is CN1C(=O)[C@H](NC(=O)Nc2cccc(OCCN3CCOCC3)c2)N=C(C2CCCCCC2)c2ccccc21.